The van der Waals surface area contributed by atoms with Gasteiger partial charge >= 0.3 is 0 Å². The second-order valence-electron chi connectivity index (χ2n) is 8.85. The molecule has 10 heteroatoms. The molecule has 2 aromatic heterocycles. The van der Waals surface area contributed by atoms with E-state index in [0.717, 1.165) is 47.4 Å². The number of morpholine rings is 1. The average Bonchev–Trinajstić information content (AvgIpc) is 2.84. The molecular formula is C26H24ClFN4O3S. The first-order chi connectivity index (χ1) is 17.2. The molecule has 0 radical (unpaired) electrons. The highest BCUT2D eigenvalue weighted by molar-refractivity contribution is 7.92. The van der Waals surface area contributed by atoms with E-state index in [1.54, 1.807) is 18.5 Å². The van der Waals surface area contributed by atoms with Crippen molar-refractivity contribution in [2.24, 2.45) is 0 Å². The molecule has 1 N–H and O–H groups in total. The number of nitrogens with one attached hydrogen (secondary N) is 1. The molecule has 36 heavy (non-hydrogen) atoms. The van der Waals surface area contributed by atoms with Gasteiger partial charge in [0.05, 0.1) is 28.3 Å². The number of hydrogen-bond donors (Lipinski definition) is 1. The summed E-state index contributed by atoms with van der Waals surface area (Å²) in [5.74, 6) is -0.526. The number of rotatable bonds is 5. The molecule has 2 unspecified atom stereocenters. The second-order valence-corrected chi connectivity index (χ2v) is 10.9. The van der Waals surface area contributed by atoms with Gasteiger partial charge in [-0.05, 0) is 67.9 Å². The lowest BCUT2D eigenvalue weighted by atomic mass is 10.0. The van der Waals surface area contributed by atoms with Crippen molar-refractivity contribution in [3.63, 3.8) is 0 Å². The maximum absolute atomic E-state index is 13.2. The number of ether oxygens (including phenoxy) is 1. The fraction of sp³-hybridized carbons (Fsp3) is 0.231. The SMILES string of the molecule is CC1CN(c2ccnc3ccc(-c4cnc(Cl)c(NS(=O)(=O)c5ccc(F)cc5)c4)cc23)CC(C)O1. The van der Waals surface area contributed by atoms with Crippen LogP contribution >= 0.6 is 11.6 Å². The van der Waals surface area contributed by atoms with Gasteiger partial charge in [-0.2, -0.15) is 0 Å². The fourth-order valence-electron chi connectivity index (χ4n) is 4.46. The number of anilines is 2. The summed E-state index contributed by atoms with van der Waals surface area (Å²) in [6.07, 6.45) is 3.61. The molecule has 0 spiro atoms. The Bertz CT molecular complexity index is 1520. The van der Waals surface area contributed by atoms with Crippen molar-refractivity contribution in [2.45, 2.75) is 31.0 Å². The molecule has 3 heterocycles. The molecule has 0 amide bonds. The van der Waals surface area contributed by atoms with Crippen molar-refractivity contribution in [1.82, 2.24) is 9.97 Å². The summed E-state index contributed by atoms with van der Waals surface area (Å²) in [5.41, 5.74) is 3.54. The predicted molar refractivity (Wildman–Crippen MR) is 139 cm³/mol. The molecule has 4 aromatic rings. The van der Waals surface area contributed by atoms with Gasteiger partial charge in [-0.3, -0.25) is 9.71 Å². The molecule has 2 atom stereocenters. The van der Waals surface area contributed by atoms with Crippen molar-refractivity contribution < 1.29 is 17.5 Å². The van der Waals surface area contributed by atoms with Crippen LogP contribution in [0, 0.1) is 5.82 Å². The Labute approximate surface area is 214 Å². The molecule has 7 nitrogen and oxygen atoms in total. The van der Waals surface area contributed by atoms with Gasteiger partial charge in [0, 0.05) is 42.1 Å². The third kappa shape index (κ3) is 5.00. The summed E-state index contributed by atoms with van der Waals surface area (Å²) in [4.78, 5) is 10.9. The first-order valence-electron chi connectivity index (χ1n) is 11.4. The monoisotopic (exact) mass is 526 g/mol. The standard InChI is InChI=1S/C26H24ClFN4O3S/c1-16-14-32(15-17(2)35-16)25-9-10-29-23-8-3-18(11-22(23)25)19-12-24(26(27)30-13-19)31-36(33,34)21-6-4-20(28)5-7-21/h3-13,16-17,31H,14-15H2,1-2H3. The molecule has 5 rings (SSSR count). The third-order valence-electron chi connectivity index (χ3n) is 6.02. The Kier molecular flexibility index (Phi) is 6.55. The lowest BCUT2D eigenvalue weighted by Gasteiger charge is -2.37. The summed E-state index contributed by atoms with van der Waals surface area (Å²) in [5, 5.41) is 0.976. The zero-order valence-corrected chi connectivity index (χ0v) is 21.2. The van der Waals surface area contributed by atoms with Gasteiger partial charge in [0.2, 0.25) is 0 Å². The van der Waals surface area contributed by atoms with Crippen molar-refractivity contribution in [1.29, 1.82) is 0 Å². The molecular weight excluding hydrogens is 503 g/mol. The van der Waals surface area contributed by atoms with Crippen LogP contribution in [-0.2, 0) is 14.8 Å². The highest BCUT2D eigenvalue weighted by Crippen LogP contribution is 2.34. The van der Waals surface area contributed by atoms with Crippen LogP contribution in [0.1, 0.15) is 13.8 Å². The zero-order valence-electron chi connectivity index (χ0n) is 19.7. The Morgan fingerprint density at radius 1 is 1.00 bits per heavy atom. The maximum Gasteiger partial charge on any atom is 0.261 e. The number of halogens is 2. The summed E-state index contributed by atoms with van der Waals surface area (Å²) >= 11 is 6.22. The summed E-state index contributed by atoms with van der Waals surface area (Å²) in [6, 6.07) is 14.0. The van der Waals surface area contributed by atoms with E-state index in [2.05, 4.69) is 33.4 Å². The first-order valence-corrected chi connectivity index (χ1v) is 13.3. The number of fused-ring (bicyclic) bond motifs is 1. The van der Waals surface area contributed by atoms with Gasteiger partial charge in [-0.15, -0.1) is 0 Å². The molecule has 186 valence electrons. The Balaban J connectivity index is 1.51. The van der Waals surface area contributed by atoms with E-state index in [4.69, 9.17) is 16.3 Å². The van der Waals surface area contributed by atoms with Crippen LogP contribution < -0.4 is 9.62 Å². The van der Waals surface area contributed by atoms with Crippen LogP contribution in [0.15, 0.2) is 71.9 Å². The van der Waals surface area contributed by atoms with Gasteiger partial charge in [0.15, 0.2) is 5.15 Å². The molecule has 0 aliphatic carbocycles. The van der Waals surface area contributed by atoms with Crippen LogP contribution in [0.3, 0.4) is 0 Å². The number of pyridine rings is 2. The number of aromatic nitrogens is 2. The molecule has 1 saturated heterocycles. The summed E-state index contributed by atoms with van der Waals surface area (Å²) < 4.78 is 47.2. The molecule has 1 aliphatic heterocycles. The van der Waals surface area contributed by atoms with Gasteiger partial charge in [0.25, 0.3) is 10.0 Å². The number of nitrogens with zero attached hydrogens (tertiary/aromatic N) is 3. The first kappa shape index (κ1) is 24.4. The van der Waals surface area contributed by atoms with Gasteiger partial charge in [-0.1, -0.05) is 17.7 Å². The second kappa shape index (κ2) is 9.65. The minimum absolute atomic E-state index is 0.00359. The van der Waals surface area contributed by atoms with E-state index in [0.29, 0.717) is 5.56 Å². The normalized spacial score (nSPS) is 18.4. The maximum atomic E-state index is 13.2. The van der Waals surface area contributed by atoms with Crippen LogP contribution in [0.25, 0.3) is 22.0 Å². The fourth-order valence-corrected chi connectivity index (χ4v) is 5.72. The average molecular weight is 527 g/mol. The topological polar surface area (TPSA) is 84.4 Å². The number of sulfonamides is 1. The van der Waals surface area contributed by atoms with E-state index in [1.807, 2.05) is 24.3 Å². The molecule has 0 bridgehead atoms. The van der Waals surface area contributed by atoms with Crippen molar-refractivity contribution >= 4 is 43.9 Å². The predicted octanol–water partition coefficient (Wildman–Crippen LogP) is 5.50. The van der Waals surface area contributed by atoms with Crippen LogP contribution in [0.4, 0.5) is 15.8 Å². The summed E-state index contributed by atoms with van der Waals surface area (Å²) in [7, 11) is -3.99. The van der Waals surface area contributed by atoms with Gasteiger partial charge in [0.1, 0.15) is 5.82 Å². The van der Waals surface area contributed by atoms with E-state index in [1.165, 1.54) is 12.1 Å². The minimum atomic E-state index is -3.99. The van der Waals surface area contributed by atoms with Crippen molar-refractivity contribution in [3.8, 4) is 11.1 Å². The lowest BCUT2D eigenvalue weighted by Crippen LogP contribution is -2.45. The smallest absolute Gasteiger partial charge is 0.261 e. The molecule has 1 aliphatic rings. The zero-order chi connectivity index (χ0) is 25.4. The van der Waals surface area contributed by atoms with Gasteiger partial charge < -0.3 is 9.64 Å². The number of benzene rings is 2. The van der Waals surface area contributed by atoms with E-state index in [9.17, 15) is 12.8 Å². The molecule has 1 fully saturated rings. The minimum Gasteiger partial charge on any atom is -0.372 e. The Morgan fingerprint density at radius 2 is 1.72 bits per heavy atom. The number of hydrogen-bond acceptors (Lipinski definition) is 6. The highest BCUT2D eigenvalue weighted by Gasteiger charge is 2.24. The van der Waals surface area contributed by atoms with E-state index >= 15 is 0 Å². The Morgan fingerprint density at radius 3 is 2.44 bits per heavy atom. The Hall–Kier alpha value is -3.27. The summed E-state index contributed by atoms with van der Waals surface area (Å²) in [6.45, 7) is 5.66. The van der Waals surface area contributed by atoms with E-state index in [-0.39, 0.29) is 27.9 Å². The van der Waals surface area contributed by atoms with E-state index < -0.39 is 15.8 Å². The quantitative estimate of drug-likeness (QED) is 0.345. The molecule has 0 saturated carbocycles. The van der Waals surface area contributed by atoms with Crippen molar-refractivity contribution in [3.05, 3.63) is 78.0 Å². The lowest BCUT2D eigenvalue weighted by molar-refractivity contribution is -0.00513. The highest BCUT2D eigenvalue weighted by atomic mass is 35.5. The van der Waals surface area contributed by atoms with Crippen LogP contribution in [0.5, 0.6) is 0 Å². The third-order valence-corrected chi connectivity index (χ3v) is 7.70. The largest absolute Gasteiger partial charge is 0.372 e. The van der Waals surface area contributed by atoms with Crippen LogP contribution in [0.2, 0.25) is 5.15 Å². The van der Waals surface area contributed by atoms with Crippen LogP contribution in [-0.4, -0.2) is 43.7 Å². The molecule has 2 aromatic carbocycles. The van der Waals surface area contributed by atoms with Crippen molar-refractivity contribution in [2.75, 3.05) is 22.7 Å². The van der Waals surface area contributed by atoms with Gasteiger partial charge in [-0.25, -0.2) is 17.8 Å².